The average Bonchev–Trinajstić information content (AvgIpc) is 2.42. The van der Waals surface area contributed by atoms with Crippen molar-refractivity contribution in [3.8, 4) is 0 Å². The van der Waals surface area contributed by atoms with Crippen LogP contribution < -0.4 is 0 Å². The zero-order chi connectivity index (χ0) is 15.7. The second-order valence-electron chi connectivity index (χ2n) is 5.94. The van der Waals surface area contributed by atoms with Gasteiger partial charge in [-0.3, -0.25) is 14.9 Å². The molecule has 0 radical (unpaired) electrons. The Hall–Kier alpha value is -1.98. The third-order valence-corrected chi connectivity index (χ3v) is 4.25. The van der Waals surface area contributed by atoms with E-state index in [-0.39, 0.29) is 17.5 Å². The number of carbonyl (C=O) groups excluding carboxylic acids is 1. The molecule has 0 aromatic heterocycles. The predicted octanol–water partition coefficient (Wildman–Crippen LogP) is 3.24. The van der Waals surface area contributed by atoms with E-state index in [1.165, 1.54) is 6.07 Å². The van der Waals surface area contributed by atoms with Crippen LogP contribution in [-0.4, -0.2) is 28.3 Å². The Kier molecular flexibility index (Phi) is 4.25. The van der Waals surface area contributed by atoms with E-state index in [0.717, 1.165) is 18.6 Å². The van der Waals surface area contributed by atoms with E-state index in [0.29, 0.717) is 18.4 Å². The summed E-state index contributed by atoms with van der Waals surface area (Å²) in [4.78, 5) is 24.3. The molecule has 6 heteroatoms. The summed E-state index contributed by atoms with van der Waals surface area (Å²) in [6.45, 7) is 6.77. The van der Waals surface area contributed by atoms with Gasteiger partial charge in [-0.1, -0.05) is 13.8 Å². The van der Waals surface area contributed by atoms with E-state index >= 15 is 0 Å². The summed E-state index contributed by atoms with van der Waals surface area (Å²) < 4.78 is 13.4. The molecule has 1 aliphatic heterocycles. The van der Waals surface area contributed by atoms with Crippen molar-refractivity contribution in [2.45, 2.75) is 33.2 Å². The Labute approximate surface area is 122 Å². The minimum Gasteiger partial charge on any atom is -0.335 e. The van der Waals surface area contributed by atoms with E-state index in [4.69, 9.17) is 0 Å². The van der Waals surface area contributed by atoms with Crippen molar-refractivity contribution in [2.24, 2.45) is 11.8 Å². The quantitative estimate of drug-likeness (QED) is 0.621. The van der Waals surface area contributed by atoms with Crippen LogP contribution in [-0.2, 0) is 0 Å². The van der Waals surface area contributed by atoms with Gasteiger partial charge in [-0.25, -0.2) is 0 Å². The first-order valence-corrected chi connectivity index (χ1v) is 7.06. The maximum absolute atomic E-state index is 13.4. The van der Waals surface area contributed by atoms with Gasteiger partial charge in [0.05, 0.1) is 4.92 Å². The molecule has 1 aromatic carbocycles. The smallest absolute Gasteiger partial charge is 0.305 e. The SMILES string of the molecule is CC1CC(C)C(C)N(C(=O)c2ccc(F)c([N+](=O)[O-])c2)C1. The molecular weight excluding hydrogens is 275 g/mol. The van der Waals surface area contributed by atoms with Crippen molar-refractivity contribution in [1.29, 1.82) is 0 Å². The summed E-state index contributed by atoms with van der Waals surface area (Å²) >= 11 is 0. The molecule has 0 saturated carbocycles. The summed E-state index contributed by atoms with van der Waals surface area (Å²) in [6.07, 6.45) is 1.05. The van der Waals surface area contributed by atoms with Crippen molar-refractivity contribution in [1.82, 2.24) is 4.90 Å². The number of halogens is 1. The molecule has 1 fully saturated rings. The molecule has 0 N–H and O–H groups in total. The number of nitrogens with zero attached hydrogens (tertiary/aromatic N) is 2. The Morgan fingerprint density at radius 2 is 2.05 bits per heavy atom. The van der Waals surface area contributed by atoms with Crippen molar-refractivity contribution in [3.05, 3.63) is 39.7 Å². The molecule has 1 aliphatic rings. The number of carbonyl (C=O) groups is 1. The molecule has 3 unspecified atom stereocenters. The average molecular weight is 294 g/mol. The summed E-state index contributed by atoms with van der Waals surface area (Å²) in [5.41, 5.74) is -0.497. The molecule has 0 spiro atoms. The summed E-state index contributed by atoms with van der Waals surface area (Å²) in [6, 6.07) is 3.38. The van der Waals surface area contributed by atoms with Crippen LogP contribution in [0.3, 0.4) is 0 Å². The second-order valence-corrected chi connectivity index (χ2v) is 5.94. The topological polar surface area (TPSA) is 63.5 Å². The van der Waals surface area contributed by atoms with Crippen LogP contribution in [0.5, 0.6) is 0 Å². The van der Waals surface area contributed by atoms with Crippen molar-refractivity contribution in [3.63, 3.8) is 0 Å². The van der Waals surface area contributed by atoms with Gasteiger partial charge in [0.2, 0.25) is 5.82 Å². The van der Waals surface area contributed by atoms with Crippen LogP contribution in [0.25, 0.3) is 0 Å². The Balaban J connectivity index is 2.31. The fourth-order valence-corrected chi connectivity index (χ4v) is 2.93. The number of rotatable bonds is 2. The van der Waals surface area contributed by atoms with Crippen molar-refractivity contribution < 1.29 is 14.1 Å². The zero-order valence-electron chi connectivity index (χ0n) is 12.4. The largest absolute Gasteiger partial charge is 0.335 e. The van der Waals surface area contributed by atoms with Crippen LogP contribution >= 0.6 is 0 Å². The van der Waals surface area contributed by atoms with Crippen molar-refractivity contribution in [2.75, 3.05) is 6.54 Å². The maximum atomic E-state index is 13.4. The minimum absolute atomic E-state index is 0.0674. The lowest BCUT2D eigenvalue weighted by molar-refractivity contribution is -0.387. The normalized spacial score (nSPS) is 25.7. The van der Waals surface area contributed by atoms with E-state index in [9.17, 15) is 19.3 Å². The van der Waals surface area contributed by atoms with Crippen LogP contribution in [0.2, 0.25) is 0 Å². The van der Waals surface area contributed by atoms with Gasteiger partial charge < -0.3 is 4.90 Å². The van der Waals surface area contributed by atoms with Gasteiger partial charge in [-0.15, -0.1) is 0 Å². The number of nitro groups is 1. The first-order chi connectivity index (χ1) is 9.81. The molecule has 0 aliphatic carbocycles. The van der Waals surface area contributed by atoms with Gasteiger partial charge in [-0.05, 0) is 37.3 Å². The third-order valence-electron chi connectivity index (χ3n) is 4.25. The highest BCUT2D eigenvalue weighted by Gasteiger charge is 2.33. The summed E-state index contributed by atoms with van der Waals surface area (Å²) in [5, 5.41) is 10.8. The molecule has 1 amide bonds. The second kappa shape index (κ2) is 5.79. The lowest BCUT2D eigenvalue weighted by atomic mass is 9.85. The monoisotopic (exact) mass is 294 g/mol. The molecule has 1 heterocycles. The molecule has 0 bridgehead atoms. The number of hydrogen-bond acceptors (Lipinski definition) is 3. The number of hydrogen-bond donors (Lipinski definition) is 0. The van der Waals surface area contributed by atoms with Gasteiger partial charge >= 0.3 is 5.69 Å². The Bertz CT molecular complexity index is 576. The number of benzene rings is 1. The van der Waals surface area contributed by atoms with Crippen LogP contribution in [0.4, 0.5) is 10.1 Å². The molecule has 1 aromatic rings. The molecule has 3 atom stereocenters. The summed E-state index contributed by atoms with van der Waals surface area (Å²) in [7, 11) is 0. The first-order valence-electron chi connectivity index (χ1n) is 7.06. The number of amides is 1. The van der Waals surface area contributed by atoms with E-state index < -0.39 is 16.4 Å². The fraction of sp³-hybridized carbons (Fsp3) is 0.533. The number of likely N-dealkylation sites (tertiary alicyclic amines) is 1. The van der Waals surface area contributed by atoms with Gasteiger partial charge in [-0.2, -0.15) is 4.39 Å². The fourth-order valence-electron chi connectivity index (χ4n) is 2.93. The maximum Gasteiger partial charge on any atom is 0.305 e. The molecule has 114 valence electrons. The van der Waals surface area contributed by atoms with Crippen LogP contribution in [0.1, 0.15) is 37.6 Å². The van der Waals surface area contributed by atoms with E-state index in [1.54, 1.807) is 4.90 Å². The van der Waals surface area contributed by atoms with E-state index in [2.05, 4.69) is 13.8 Å². The van der Waals surface area contributed by atoms with Crippen LogP contribution in [0.15, 0.2) is 18.2 Å². The lowest BCUT2D eigenvalue weighted by Crippen LogP contribution is -2.48. The highest BCUT2D eigenvalue weighted by molar-refractivity contribution is 5.95. The van der Waals surface area contributed by atoms with Gasteiger partial charge in [0, 0.05) is 24.2 Å². The molecule has 5 nitrogen and oxygen atoms in total. The third kappa shape index (κ3) is 3.04. The number of nitro benzene ring substituents is 1. The minimum atomic E-state index is -0.926. The highest BCUT2D eigenvalue weighted by Crippen LogP contribution is 2.29. The summed E-state index contributed by atoms with van der Waals surface area (Å²) in [5.74, 6) is -0.447. The standard InChI is InChI=1S/C15H19FN2O3/c1-9-6-10(2)11(3)17(8-9)15(19)12-4-5-13(16)14(7-12)18(20)21/h4-5,7,9-11H,6,8H2,1-3H3. The van der Waals surface area contributed by atoms with Gasteiger partial charge in [0.15, 0.2) is 0 Å². The van der Waals surface area contributed by atoms with Gasteiger partial charge in [0.1, 0.15) is 0 Å². The van der Waals surface area contributed by atoms with Gasteiger partial charge in [0.25, 0.3) is 5.91 Å². The Morgan fingerprint density at radius 3 is 2.67 bits per heavy atom. The van der Waals surface area contributed by atoms with Crippen LogP contribution in [0, 0.1) is 27.8 Å². The highest BCUT2D eigenvalue weighted by atomic mass is 19.1. The molecule has 2 rings (SSSR count). The zero-order valence-corrected chi connectivity index (χ0v) is 12.4. The predicted molar refractivity (Wildman–Crippen MR) is 76.5 cm³/mol. The first kappa shape index (κ1) is 15.4. The Morgan fingerprint density at radius 1 is 1.38 bits per heavy atom. The molecule has 1 saturated heterocycles. The lowest BCUT2D eigenvalue weighted by Gasteiger charge is -2.41. The van der Waals surface area contributed by atoms with E-state index in [1.807, 2.05) is 6.92 Å². The van der Waals surface area contributed by atoms with Crippen molar-refractivity contribution >= 4 is 11.6 Å². The molecular formula is C15H19FN2O3. The molecule has 21 heavy (non-hydrogen) atoms. The number of piperidine rings is 1.